The number of hydrogen-bond acceptors (Lipinski definition) is 0. The van der Waals surface area contributed by atoms with E-state index < -0.39 is 0 Å². The molecule has 110 heavy (non-hydrogen) atoms. The van der Waals surface area contributed by atoms with Crippen molar-refractivity contribution in [3.63, 3.8) is 0 Å². The van der Waals surface area contributed by atoms with Gasteiger partial charge in [0.05, 0.1) is 0 Å². The molecular weight excluding hydrogens is 2840 g/mol. The van der Waals surface area contributed by atoms with Crippen molar-refractivity contribution in [3.05, 3.63) is 0 Å². The largest absolute Gasteiger partial charge is 2.00 e. The van der Waals surface area contributed by atoms with Crippen LogP contribution in [0.4, 0.5) is 0 Å². The van der Waals surface area contributed by atoms with Crippen molar-refractivity contribution in [2.45, 2.75) is 0 Å². The third-order valence-electron chi connectivity index (χ3n) is 0. The minimum absolute atomic E-state index is 0. The minimum atomic E-state index is 0. The first-order chi connectivity index (χ1) is 0. The average Bonchev–Trinajstić information content (AvgIpc) is 0. The summed E-state index contributed by atoms with van der Waals surface area (Å²) in [5, 5.41) is 0. The molecule has 0 N–H and O–H groups in total. The molecule has 0 aliphatic rings. The third-order valence-corrected chi connectivity index (χ3v) is 0. The zero-order valence-corrected chi connectivity index (χ0v) is 158. The molecule has 0 heterocycles. The molecule has 0 bridgehead atoms. The maximum Gasteiger partial charge on any atom is 2.00 e. The van der Waals surface area contributed by atoms with Gasteiger partial charge >= 0.3 is 1700 Å². The van der Waals surface area contributed by atoms with E-state index >= 15 is 0 Å². The quantitative estimate of drug-likeness (QED) is 0.204. The first-order valence-corrected chi connectivity index (χ1v) is 0. The maximum absolute atomic E-state index is 0. The molecule has 0 rings (SSSR count). The standard InChI is InChI=1S/45Ca.65O/q45*+2;65*-2. The van der Waals surface area contributed by atoms with Crippen LogP contribution < -0.4 is 0 Å². The zero-order valence-electron chi connectivity index (χ0n) is 58.4. The fourth-order valence-corrected chi connectivity index (χ4v) is 0. The molecule has 0 radical (unpaired) electrons. The van der Waals surface area contributed by atoms with E-state index in [1.165, 1.54) is 0 Å². The van der Waals surface area contributed by atoms with Crippen molar-refractivity contribution in [1.82, 2.24) is 0 Å². The third kappa shape index (κ3) is 1440. The summed E-state index contributed by atoms with van der Waals surface area (Å²) in [7, 11) is 0. The molecule has 110 heteroatoms. The van der Waals surface area contributed by atoms with Crippen LogP contribution in [0.5, 0.6) is 0 Å². The summed E-state index contributed by atoms with van der Waals surface area (Å²) in [6.45, 7) is 0. The van der Waals surface area contributed by atoms with Crippen LogP contribution in [0, 0.1) is 0 Å². The van der Waals surface area contributed by atoms with Crippen LogP contribution >= 0.6 is 0 Å². The summed E-state index contributed by atoms with van der Waals surface area (Å²) in [5.41, 5.74) is 0. The van der Waals surface area contributed by atoms with Gasteiger partial charge in [0.2, 0.25) is 0 Å². The molecule has 65 nitrogen and oxygen atoms in total. The molecular formula is Ca45O65-40. The van der Waals surface area contributed by atoms with Crippen LogP contribution in [0.1, 0.15) is 0 Å². The van der Waals surface area contributed by atoms with Gasteiger partial charge < -0.3 is 356 Å². The average molecular weight is 2840 g/mol. The van der Waals surface area contributed by atoms with Crippen LogP contribution in [0.15, 0.2) is 0 Å². The van der Waals surface area contributed by atoms with E-state index in [4.69, 9.17) is 0 Å². The summed E-state index contributed by atoms with van der Waals surface area (Å²) in [6.07, 6.45) is 0. The Morgan fingerprint density at radius 3 is 0.0182 bits per heavy atom. The summed E-state index contributed by atoms with van der Waals surface area (Å²) >= 11 is 0. The number of rotatable bonds is 0. The first-order valence-electron chi connectivity index (χ1n) is 0. The van der Waals surface area contributed by atoms with Crippen molar-refractivity contribution >= 4 is 1700 Å². The smallest absolute Gasteiger partial charge is 2.00 e. The van der Waals surface area contributed by atoms with Crippen molar-refractivity contribution in [1.29, 1.82) is 0 Å². The van der Waals surface area contributed by atoms with E-state index in [9.17, 15) is 0 Å². The Morgan fingerprint density at radius 1 is 0.0182 bits per heavy atom. The van der Waals surface area contributed by atoms with Crippen LogP contribution in [-0.4, -0.2) is 1700 Å². The van der Waals surface area contributed by atoms with Crippen LogP contribution in [0.2, 0.25) is 0 Å². The summed E-state index contributed by atoms with van der Waals surface area (Å²) in [5.74, 6) is 0. The Kier molecular flexibility index (Phi) is 19900. The topological polar surface area (TPSA) is 1850 Å². The van der Waals surface area contributed by atoms with E-state index in [-0.39, 0.29) is 2050 Å². The predicted octanol–water partition coefficient (Wildman–Crippen LogP) is -24.9. The summed E-state index contributed by atoms with van der Waals surface area (Å²) in [4.78, 5) is 0. The molecule has 0 spiro atoms. The van der Waals surface area contributed by atoms with E-state index in [1.807, 2.05) is 0 Å². The van der Waals surface area contributed by atoms with Crippen molar-refractivity contribution in [2.75, 3.05) is 0 Å². The van der Waals surface area contributed by atoms with Crippen molar-refractivity contribution in [2.24, 2.45) is 0 Å². The van der Waals surface area contributed by atoms with E-state index in [0.717, 1.165) is 0 Å². The van der Waals surface area contributed by atoms with Gasteiger partial charge in [-0.1, -0.05) is 0 Å². The molecule has 520 valence electrons. The molecule has 0 amide bonds. The second kappa shape index (κ2) is 1460. The molecule has 0 saturated heterocycles. The zero-order chi connectivity index (χ0) is 0. The van der Waals surface area contributed by atoms with E-state index in [0.29, 0.717) is 0 Å². The molecule has 0 aromatic heterocycles. The van der Waals surface area contributed by atoms with Crippen LogP contribution in [-0.2, 0) is 356 Å². The molecule has 0 aliphatic carbocycles. The van der Waals surface area contributed by atoms with Gasteiger partial charge in [0.15, 0.2) is 0 Å². The SMILES string of the molecule is [Ca+2].[Ca+2].[Ca+2].[Ca+2].[Ca+2].[Ca+2].[Ca+2].[Ca+2].[Ca+2].[Ca+2].[Ca+2].[Ca+2].[Ca+2].[Ca+2].[Ca+2].[Ca+2].[Ca+2].[Ca+2].[Ca+2].[Ca+2].[Ca+2].[Ca+2].[Ca+2].[Ca+2].[Ca+2].[Ca+2].[Ca+2].[Ca+2].[Ca+2].[Ca+2].[Ca+2].[Ca+2].[Ca+2].[Ca+2].[Ca+2].[Ca+2].[Ca+2].[Ca+2].[Ca+2].[Ca+2].[Ca+2].[Ca+2].[Ca+2].[Ca+2].[Ca+2].[O-2].[O-2].[O-2].[O-2].[O-2].[O-2].[O-2].[O-2].[O-2].[O-2].[O-2].[O-2].[O-2].[O-2].[O-2].[O-2].[O-2].[O-2].[O-2].[O-2].[O-2].[O-2].[O-2].[O-2].[O-2].[O-2].[O-2].[O-2].[O-2].[O-2].[O-2].[O-2].[O-2].[O-2].[O-2].[O-2].[O-2].[O-2].[O-2].[O-2].[O-2].[O-2].[O-2].[O-2].[O-2].[O-2].[O-2].[O-2].[O-2].[O-2].[O-2].[O-2].[O-2].[O-2].[O-2].[O-2].[O-2].[O-2].[O-2].[O-2].[O-2].[O-2].[O-2].[O-2].[O-2]. The maximum atomic E-state index is 0. The van der Waals surface area contributed by atoms with Gasteiger partial charge in [-0.3, -0.25) is 0 Å². The van der Waals surface area contributed by atoms with E-state index in [1.54, 1.807) is 0 Å². The summed E-state index contributed by atoms with van der Waals surface area (Å²) in [6, 6.07) is 0. The second-order valence-electron chi connectivity index (χ2n) is 0. The van der Waals surface area contributed by atoms with Gasteiger partial charge in [0.1, 0.15) is 0 Å². The van der Waals surface area contributed by atoms with Gasteiger partial charge in [0, 0.05) is 0 Å². The normalized spacial score (nSPS) is 0. The van der Waals surface area contributed by atoms with Crippen LogP contribution in [0.25, 0.3) is 0 Å². The van der Waals surface area contributed by atoms with Gasteiger partial charge in [-0.05, 0) is 0 Å². The minimum Gasteiger partial charge on any atom is -2.00 e. The predicted molar refractivity (Wildman–Crippen MR) is 304 cm³/mol. The monoisotopic (exact) mass is 2840 g/mol. The Balaban J connectivity index is 0. The van der Waals surface area contributed by atoms with Crippen molar-refractivity contribution in [3.8, 4) is 0 Å². The molecule has 0 fully saturated rings. The van der Waals surface area contributed by atoms with Gasteiger partial charge in [0.25, 0.3) is 0 Å². The first kappa shape index (κ1) is 1490. The molecule has 0 aromatic rings. The molecule has 0 saturated carbocycles. The molecule has 0 atom stereocenters. The Hall–Kier alpha value is 54.1. The molecule has 0 aliphatic heterocycles. The van der Waals surface area contributed by atoms with Gasteiger partial charge in [-0.15, -0.1) is 0 Å². The molecule has 0 unspecified atom stereocenters. The summed E-state index contributed by atoms with van der Waals surface area (Å²) < 4.78 is 0. The Morgan fingerprint density at radius 2 is 0.0182 bits per heavy atom. The second-order valence-corrected chi connectivity index (χ2v) is 0. The molecule has 0 aromatic carbocycles. The fourth-order valence-electron chi connectivity index (χ4n) is 0. The van der Waals surface area contributed by atoms with E-state index in [2.05, 4.69) is 0 Å². The Labute approximate surface area is 1980 Å². The fraction of sp³-hybridized carbons (Fsp3) is 0. The van der Waals surface area contributed by atoms with Gasteiger partial charge in [-0.2, -0.15) is 0 Å². The van der Waals surface area contributed by atoms with Crippen molar-refractivity contribution < 1.29 is 356 Å². The number of hydrogen-bond donors (Lipinski definition) is 0. The Bertz CT molecular complexity index is 107. The van der Waals surface area contributed by atoms with Crippen LogP contribution in [0.3, 0.4) is 0 Å². The van der Waals surface area contributed by atoms with Gasteiger partial charge in [-0.25, -0.2) is 0 Å².